The molecule has 3 aromatic heterocycles. The van der Waals surface area contributed by atoms with Gasteiger partial charge in [0.1, 0.15) is 5.65 Å². The molecular formula is C28H30N6O2. The van der Waals surface area contributed by atoms with Crippen LogP contribution in [0.15, 0.2) is 67.3 Å². The molecule has 0 atom stereocenters. The van der Waals surface area contributed by atoms with Gasteiger partial charge >= 0.3 is 6.03 Å². The lowest BCUT2D eigenvalue weighted by atomic mass is 9.89. The number of nitrogens with zero attached hydrogens (tertiary/aromatic N) is 4. The van der Waals surface area contributed by atoms with Crippen LogP contribution in [0.25, 0.3) is 5.65 Å². The quantitative estimate of drug-likeness (QED) is 0.432. The molecule has 8 nitrogen and oxygen atoms in total. The lowest BCUT2D eigenvalue weighted by molar-refractivity contribution is 0.0712. The second kappa shape index (κ2) is 10.2. The average Bonchev–Trinajstić information content (AvgIpc) is 3.37. The van der Waals surface area contributed by atoms with Gasteiger partial charge in [0.25, 0.3) is 5.91 Å². The van der Waals surface area contributed by atoms with E-state index >= 15 is 0 Å². The van der Waals surface area contributed by atoms with Crippen LogP contribution in [0.2, 0.25) is 0 Å². The van der Waals surface area contributed by atoms with Crippen LogP contribution in [0.5, 0.6) is 0 Å². The highest BCUT2D eigenvalue weighted by Crippen LogP contribution is 2.29. The van der Waals surface area contributed by atoms with Gasteiger partial charge in [0.05, 0.1) is 5.56 Å². The lowest BCUT2D eigenvalue weighted by Crippen LogP contribution is -2.38. The molecule has 4 aromatic rings. The normalized spacial score (nSPS) is 14.1. The molecule has 1 aromatic carbocycles. The minimum atomic E-state index is -0.251. The summed E-state index contributed by atoms with van der Waals surface area (Å²) in [7, 11) is 0. The summed E-state index contributed by atoms with van der Waals surface area (Å²) in [5.41, 5.74) is 6.46. The molecule has 0 aliphatic carbocycles. The lowest BCUT2D eigenvalue weighted by Gasteiger charge is -2.32. The fraction of sp³-hybridized carbons (Fsp3) is 0.286. The molecule has 0 saturated carbocycles. The Morgan fingerprint density at radius 3 is 2.53 bits per heavy atom. The summed E-state index contributed by atoms with van der Waals surface area (Å²) in [6.45, 7) is 5.80. The van der Waals surface area contributed by atoms with Crippen molar-refractivity contribution in [2.24, 2.45) is 0 Å². The van der Waals surface area contributed by atoms with Gasteiger partial charge in [-0.3, -0.25) is 9.78 Å². The van der Waals surface area contributed by atoms with Crippen molar-refractivity contribution in [3.63, 3.8) is 0 Å². The molecule has 0 radical (unpaired) electrons. The number of anilines is 1. The number of aryl methyl sites for hydroxylation is 2. The topological polar surface area (TPSA) is 91.6 Å². The van der Waals surface area contributed by atoms with Crippen LogP contribution in [-0.4, -0.2) is 44.3 Å². The molecule has 0 unspecified atom stereocenters. The van der Waals surface area contributed by atoms with Gasteiger partial charge in [-0.2, -0.15) is 0 Å². The van der Waals surface area contributed by atoms with Crippen molar-refractivity contribution in [2.75, 3.05) is 18.4 Å². The maximum Gasteiger partial charge on any atom is 0.319 e. The van der Waals surface area contributed by atoms with Crippen molar-refractivity contribution in [1.82, 2.24) is 24.6 Å². The van der Waals surface area contributed by atoms with Crippen LogP contribution in [-0.2, 0) is 6.54 Å². The van der Waals surface area contributed by atoms with Gasteiger partial charge < -0.3 is 19.9 Å². The Bertz CT molecular complexity index is 1390. The summed E-state index contributed by atoms with van der Waals surface area (Å²) >= 11 is 0. The van der Waals surface area contributed by atoms with E-state index < -0.39 is 0 Å². The number of carbonyl (C=O) groups excluding carboxylic acids is 2. The second-order valence-corrected chi connectivity index (χ2v) is 9.35. The first-order chi connectivity index (χ1) is 17.5. The van der Waals surface area contributed by atoms with Crippen LogP contribution in [0.1, 0.15) is 51.5 Å². The molecule has 0 bridgehead atoms. The predicted molar refractivity (Wildman–Crippen MR) is 139 cm³/mol. The molecule has 0 spiro atoms. The van der Waals surface area contributed by atoms with Gasteiger partial charge in [-0.1, -0.05) is 12.1 Å². The molecule has 1 fully saturated rings. The Balaban J connectivity index is 1.11. The number of piperidine rings is 1. The fourth-order valence-electron chi connectivity index (χ4n) is 4.62. The van der Waals surface area contributed by atoms with E-state index in [1.54, 1.807) is 12.4 Å². The van der Waals surface area contributed by atoms with E-state index in [9.17, 15) is 9.59 Å². The summed E-state index contributed by atoms with van der Waals surface area (Å²) in [6, 6.07) is 13.6. The Hall–Kier alpha value is -4.20. The summed E-state index contributed by atoms with van der Waals surface area (Å²) in [5, 5.41) is 5.78. The summed E-state index contributed by atoms with van der Waals surface area (Å²) in [4.78, 5) is 35.8. The number of likely N-dealkylation sites (tertiary alicyclic amines) is 1. The van der Waals surface area contributed by atoms with E-state index in [1.165, 1.54) is 5.56 Å². The number of fused-ring (bicyclic) bond motifs is 1. The number of benzene rings is 1. The average molecular weight is 483 g/mol. The van der Waals surface area contributed by atoms with Crippen LogP contribution < -0.4 is 10.6 Å². The zero-order valence-electron chi connectivity index (χ0n) is 20.6. The van der Waals surface area contributed by atoms with Gasteiger partial charge in [-0.05, 0) is 79.6 Å². The third-order valence-electron chi connectivity index (χ3n) is 6.92. The second-order valence-electron chi connectivity index (χ2n) is 9.35. The molecule has 8 heteroatoms. The van der Waals surface area contributed by atoms with Crippen molar-refractivity contribution >= 4 is 23.3 Å². The highest BCUT2D eigenvalue weighted by Gasteiger charge is 2.25. The van der Waals surface area contributed by atoms with Crippen molar-refractivity contribution in [3.8, 4) is 0 Å². The van der Waals surface area contributed by atoms with Gasteiger partial charge in [-0.25, -0.2) is 9.78 Å². The number of hydrogen-bond acceptors (Lipinski definition) is 4. The van der Waals surface area contributed by atoms with Gasteiger partial charge in [0, 0.05) is 55.8 Å². The minimum Gasteiger partial charge on any atom is -0.339 e. The van der Waals surface area contributed by atoms with Crippen molar-refractivity contribution in [3.05, 3.63) is 95.2 Å². The highest BCUT2D eigenvalue weighted by molar-refractivity contribution is 5.94. The Morgan fingerprint density at radius 1 is 1.00 bits per heavy atom. The molecular weight excluding hydrogens is 452 g/mol. The van der Waals surface area contributed by atoms with E-state index in [-0.39, 0.29) is 11.9 Å². The SMILES string of the molecule is Cc1cc(C(=O)N2CCC(c3ccc(NC(=O)NCc4ccn5ccnc5c4)cc3)CC2)cnc1C. The van der Waals surface area contributed by atoms with Crippen LogP contribution in [0.3, 0.4) is 0 Å². The number of rotatable bonds is 5. The number of urea groups is 1. The minimum absolute atomic E-state index is 0.0549. The number of amides is 3. The van der Waals surface area contributed by atoms with Crippen molar-refractivity contribution < 1.29 is 9.59 Å². The summed E-state index contributed by atoms with van der Waals surface area (Å²) < 4.78 is 1.93. The zero-order valence-corrected chi connectivity index (χ0v) is 20.6. The zero-order chi connectivity index (χ0) is 25.1. The number of imidazole rings is 1. The van der Waals surface area contributed by atoms with E-state index in [2.05, 4.69) is 32.7 Å². The third kappa shape index (κ3) is 5.22. The van der Waals surface area contributed by atoms with Crippen LogP contribution in [0, 0.1) is 13.8 Å². The van der Waals surface area contributed by atoms with E-state index in [1.807, 2.05) is 65.9 Å². The van der Waals surface area contributed by atoms with E-state index in [0.29, 0.717) is 18.0 Å². The van der Waals surface area contributed by atoms with Crippen LogP contribution in [0.4, 0.5) is 10.5 Å². The summed E-state index contributed by atoms with van der Waals surface area (Å²) in [5.74, 6) is 0.451. The molecule has 3 amide bonds. The maximum atomic E-state index is 12.9. The molecule has 1 aliphatic rings. The predicted octanol–water partition coefficient (Wildman–Crippen LogP) is 4.69. The largest absolute Gasteiger partial charge is 0.339 e. The van der Waals surface area contributed by atoms with Gasteiger partial charge in [0.15, 0.2) is 0 Å². The van der Waals surface area contributed by atoms with Crippen molar-refractivity contribution in [1.29, 1.82) is 0 Å². The first-order valence-corrected chi connectivity index (χ1v) is 12.3. The molecule has 2 N–H and O–H groups in total. The first-order valence-electron chi connectivity index (χ1n) is 12.3. The summed E-state index contributed by atoms with van der Waals surface area (Å²) in [6.07, 6.45) is 9.06. The number of aromatic nitrogens is 3. The Morgan fingerprint density at radius 2 is 1.78 bits per heavy atom. The number of hydrogen-bond donors (Lipinski definition) is 2. The van der Waals surface area contributed by atoms with Gasteiger partial charge in [-0.15, -0.1) is 0 Å². The third-order valence-corrected chi connectivity index (χ3v) is 6.92. The first kappa shape index (κ1) is 23.5. The molecule has 5 rings (SSSR count). The highest BCUT2D eigenvalue weighted by atomic mass is 16.2. The maximum absolute atomic E-state index is 12.9. The number of carbonyl (C=O) groups is 2. The molecule has 184 valence electrons. The smallest absolute Gasteiger partial charge is 0.319 e. The van der Waals surface area contributed by atoms with E-state index in [4.69, 9.17) is 0 Å². The monoisotopic (exact) mass is 482 g/mol. The van der Waals surface area contributed by atoms with Crippen LogP contribution >= 0.6 is 0 Å². The van der Waals surface area contributed by atoms with E-state index in [0.717, 1.165) is 54.1 Å². The fourth-order valence-corrected chi connectivity index (χ4v) is 4.62. The molecule has 36 heavy (non-hydrogen) atoms. The molecule has 1 aliphatic heterocycles. The van der Waals surface area contributed by atoms with Crippen molar-refractivity contribution in [2.45, 2.75) is 39.2 Å². The Labute approximate surface area is 210 Å². The number of pyridine rings is 2. The molecule has 1 saturated heterocycles. The number of nitrogens with one attached hydrogen (secondary N) is 2. The molecule has 4 heterocycles. The standard InChI is InChI=1S/C28H30N6O2/c1-19-15-24(18-30-20(19)2)27(35)34-12-8-23(9-13-34)22-3-5-25(6-4-22)32-28(36)31-17-21-7-11-33-14-10-29-26(33)16-21/h3-7,10-11,14-16,18,23H,8-9,12-13,17H2,1-2H3,(H2,31,32,36). The Kier molecular flexibility index (Phi) is 6.66. The van der Waals surface area contributed by atoms with Gasteiger partial charge in [0.2, 0.25) is 0 Å².